The molecule has 2 unspecified atom stereocenters. The van der Waals surface area contributed by atoms with Crippen LogP contribution in [-0.2, 0) is 10.2 Å². The van der Waals surface area contributed by atoms with E-state index < -0.39 is 10.7 Å². The number of piperidine rings is 1. The second-order valence-corrected chi connectivity index (χ2v) is 11.0. The number of H-pyrrole nitrogens is 1. The SMILES string of the molecule is COc1c(OCCN2CCC(O)CC2)ccc(/C=C/c2n[nH]c3ccccc23)c1C1(C)C=CSC1C(N)=O. The van der Waals surface area contributed by atoms with Crippen LogP contribution in [0, 0.1) is 0 Å². The number of allylic oxidation sites excluding steroid dienone is 1. The van der Waals surface area contributed by atoms with Gasteiger partial charge in [-0.25, -0.2) is 0 Å². The molecule has 0 radical (unpaired) electrons. The van der Waals surface area contributed by atoms with Gasteiger partial charge in [-0.3, -0.25) is 14.8 Å². The first-order chi connectivity index (χ1) is 18.4. The lowest BCUT2D eigenvalue weighted by atomic mass is 9.76. The molecule has 38 heavy (non-hydrogen) atoms. The molecule has 1 aromatic heterocycles. The summed E-state index contributed by atoms with van der Waals surface area (Å²) < 4.78 is 12.2. The van der Waals surface area contributed by atoms with Crippen LogP contribution in [0.25, 0.3) is 23.1 Å². The third kappa shape index (κ3) is 5.18. The Balaban J connectivity index is 1.49. The van der Waals surface area contributed by atoms with Gasteiger partial charge in [0.15, 0.2) is 11.5 Å². The van der Waals surface area contributed by atoms with Gasteiger partial charge in [0.2, 0.25) is 5.91 Å². The quantitative estimate of drug-likeness (QED) is 0.381. The van der Waals surface area contributed by atoms with Crippen molar-refractivity contribution in [2.75, 3.05) is 33.4 Å². The Morgan fingerprint density at radius 3 is 2.82 bits per heavy atom. The van der Waals surface area contributed by atoms with E-state index in [4.69, 9.17) is 15.2 Å². The van der Waals surface area contributed by atoms with E-state index in [0.717, 1.165) is 60.2 Å². The molecule has 0 saturated carbocycles. The number of nitrogens with zero attached hydrogens (tertiary/aromatic N) is 2. The van der Waals surface area contributed by atoms with E-state index in [-0.39, 0.29) is 12.0 Å². The van der Waals surface area contributed by atoms with Crippen LogP contribution >= 0.6 is 11.8 Å². The monoisotopic (exact) mass is 534 g/mol. The number of nitrogens with two attached hydrogens (primary N) is 1. The maximum absolute atomic E-state index is 12.5. The van der Waals surface area contributed by atoms with Gasteiger partial charge in [0.05, 0.1) is 24.4 Å². The van der Waals surface area contributed by atoms with Crippen molar-refractivity contribution in [1.29, 1.82) is 0 Å². The van der Waals surface area contributed by atoms with Crippen molar-refractivity contribution >= 4 is 40.7 Å². The molecular weight excluding hydrogens is 500 g/mol. The lowest BCUT2D eigenvalue weighted by Gasteiger charge is -2.32. The molecule has 1 amide bonds. The number of thioether (sulfide) groups is 1. The number of methoxy groups -OCH3 is 1. The number of likely N-dealkylation sites (tertiary alicyclic amines) is 1. The van der Waals surface area contributed by atoms with Crippen molar-refractivity contribution in [2.45, 2.75) is 36.5 Å². The molecule has 8 nitrogen and oxygen atoms in total. The zero-order valence-electron chi connectivity index (χ0n) is 21.7. The van der Waals surface area contributed by atoms with Crippen molar-refractivity contribution in [3.05, 3.63) is 64.7 Å². The molecule has 1 fully saturated rings. The third-order valence-corrected chi connectivity index (χ3v) is 8.76. The van der Waals surface area contributed by atoms with Gasteiger partial charge in [-0.2, -0.15) is 5.10 Å². The van der Waals surface area contributed by atoms with Crippen LogP contribution in [0.3, 0.4) is 0 Å². The van der Waals surface area contributed by atoms with Crippen molar-refractivity contribution in [1.82, 2.24) is 15.1 Å². The lowest BCUT2D eigenvalue weighted by Crippen LogP contribution is -2.40. The highest BCUT2D eigenvalue weighted by Gasteiger charge is 2.44. The molecule has 2 atom stereocenters. The average Bonchev–Trinajstić information content (AvgIpc) is 3.52. The fourth-order valence-corrected chi connectivity index (χ4v) is 6.49. The predicted molar refractivity (Wildman–Crippen MR) is 152 cm³/mol. The lowest BCUT2D eigenvalue weighted by molar-refractivity contribution is -0.118. The molecule has 200 valence electrons. The first-order valence-corrected chi connectivity index (χ1v) is 13.8. The molecule has 0 aliphatic carbocycles. The van der Waals surface area contributed by atoms with Gasteiger partial charge >= 0.3 is 0 Å². The highest BCUT2D eigenvalue weighted by atomic mass is 32.2. The summed E-state index contributed by atoms with van der Waals surface area (Å²) in [5.41, 5.74) is 8.68. The van der Waals surface area contributed by atoms with E-state index in [9.17, 15) is 9.90 Å². The van der Waals surface area contributed by atoms with Crippen LogP contribution in [-0.4, -0.2) is 70.8 Å². The summed E-state index contributed by atoms with van der Waals surface area (Å²) >= 11 is 1.42. The Labute approximate surface area is 226 Å². The molecule has 2 aromatic carbocycles. The molecule has 3 aromatic rings. The van der Waals surface area contributed by atoms with Crippen LogP contribution < -0.4 is 15.2 Å². The number of nitrogens with one attached hydrogen (secondary N) is 1. The predicted octanol–water partition coefficient (Wildman–Crippen LogP) is 3.95. The van der Waals surface area contributed by atoms with Crippen LogP contribution in [0.5, 0.6) is 11.5 Å². The normalized spacial score (nSPS) is 22.4. The maximum Gasteiger partial charge on any atom is 0.232 e. The fraction of sp³-hybridized carbons (Fsp3) is 0.379. The summed E-state index contributed by atoms with van der Waals surface area (Å²) in [6.07, 6.45) is 7.37. The number of rotatable bonds is 9. The summed E-state index contributed by atoms with van der Waals surface area (Å²) in [5.74, 6) is 0.835. The molecule has 0 spiro atoms. The van der Waals surface area contributed by atoms with E-state index >= 15 is 0 Å². The number of carbonyl (C=O) groups is 1. The number of primary amides is 1. The summed E-state index contributed by atoms with van der Waals surface area (Å²) in [5, 5.41) is 19.8. The average molecular weight is 535 g/mol. The topological polar surface area (TPSA) is 114 Å². The minimum absolute atomic E-state index is 0.203. The van der Waals surface area contributed by atoms with E-state index in [0.29, 0.717) is 18.1 Å². The molecule has 3 heterocycles. The van der Waals surface area contributed by atoms with Gasteiger partial charge in [-0.05, 0) is 42.0 Å². The van der Waals surface area contributed by atoms with Gasteiger partial charge in [-0.1, -0.05) is 43.3 Å². The second-order valence-electron chi connectivity index (χ2n) is 9.97. The number of carbonyl (C=O) groups excluding carboxylic acids is 1. The Kier molecular flexibility index (Phi) is 7.78. The van der Waals surface area contributed by atoms with Crippen molar-refractivity contribution in [3.63, 3.8) is 0 Å². The fourth-order valence-electron chi connectivity index (χ4n) is 5.36. The number of aliphatic hydroxyl groups is 1. The summed E-state index contributed by atoms with van der Waals surface area (Å²) in [7, 11) is 1.63. The highest BCUT2D eigenvalue weighted by Crippen LogP contribution is 2.50. The summed E-state index contributed by atoms with van der Waals surface area (Å²) in [6, 6.07) is 11.9. The Morgan fingerprint density at radius 1 is 1.26 bits per heavy atom. The van der Waals surface area contributed by atoms with Gasteiger partial charge in [0.25, 0.3) is 0 Å². The van der Waals surface area contributed by atoms with Crippen LogP contribution in [0.1, 0.15) is 36.6 Å². The Hall–Kier alpha value is -3.27. The van der Waals surface area contributed by atoms with E-state index in [1.807, 2.05) is 67.0 Å². The zero-order chi connectivity index (χ0) is 26.7. The maximum atomic E-state index is 12.5. The number of aromatic amines is 1. The Morgan fingerprint density at radius 2 is 2.05 bits per heavy atom. The number of hydrogen-bond acceptors (Lipinski definition) is 7. The van der Waals surface area contributed by atoms with Crippen LogP contribution in [0.2, 0.25) is 0 Å². The van der Waals surface area contributed by atoms with E-state index in [1.165, 1.54) is 11.8 Å². The summed E-state index contributed by atoms with van der Waals surface area (Å²) in [6.45, 7) is 4.98. The molecule has 0 bridgehead atoms. The molecule has 1 saturated heterocycles. The smallest absolute Gasteiger partial charge is 0.232 e. The van der Waals surface area contributed by atoms with Gasteiger partial charge in [0.1, 0.15) is 11.9 Å². The van der Waals surface area contributed by atoms with Gasteiger partial charge in [-0.15, -0.1) is 11.8 Å². The highest BCUT2D eigenvalue weighted by molar-refractivity contribution is 8.03. The molecule has 2 aliphatic heterocycles. The molecule has 9 heteroatoms. The number of hydrogen-bond donors (Lipinski definition) is 3. The molecular formula is C29H34N4O4S. The largest absolute Gasteiger partial charge is 0.493 e. The van der Waals surface area contributed by atoms with E-state index in [1.54, 1.807) is 7.11 Å². The van der Waals surface area contributed by atoms with Gasteiger partial charge < -0.3 is 20.3 Å². The number of fused-ring (bicyclic) bond motifs is 1. The third-order valence-electron chi connectivity index (χ3n) is 7.47. The standard InChI is InChI=1S/C29H34N4O4S/c1-29(13-18-38-27(29)28(30)35)25-19(7-9-23-21-5-3-4-6-22(21)31-32-23)8-10-24(26(25)36-2)37-17-16-33-14-11-20(34)12-15-33/h3-10,13,18,20,27,34H,11-12,14-17H2,1-2H3,(H2,30,35)(H,31,32)/b9-7+. The minimum Gasteiger partial charge on any atom is -0.493 e. The number of para-hydroxylation sites is 1. The van der Waals surface area contributed by atoms with Crippen molar-refractivity contribution in [3.8, 4) is 11.5 Å². The number of aliphatic hydroxyl groups excluding tert-OH is 1. The summed E-state index contributed by atoms with van der Waals surface area (Å²) in [4.78, 5) is 14.8. The second kappa shape index (κ2) is 11.2. The molecule has 2 aliphatic rings. The number of benzene rings is 2. The van der Waals surface area contributed by atoms with Crippen molar-refractivity contribution < 1.29 is 19.4 Å². The number of ether oxygens (including phenoxy) is 2. The Bertz CT molecular complexity index is 1360. The van der Waals surface area contributed by atoms with Crippen molar-refractivity contribution in [2.24, 2.45) is 5.73 Å². The molecule has 4 N–H and O–H groups in total. The first kappa shape index (κ1) is 26.3. The number of aromatic nitrogens is 2. The van der Waals surface area contributed by atoms with Crippen LogP contribution in [0.15, 0.2) is 47.9 Å². The van der Waals surface area contributed by atoms with Crippen LogP contribution in [0.4, 0.5) is 0 Å². The zero-order valence-corrected chi connectivity index (χ0v) is 22.5. The minimum atomic E-state index is -0.697. The first-order valence-electron chi connectivity index (χ1n) is 12.9. The number of amides is 1. The van der Waals surface area contributed by atoms with Gasteiger partial charge in [0, 0.05) is 36.0 Å². The van der Waals surface area contributed by atoms with E-state index in [2.05, 4.69) is 15.1 Å². The molecule has 5 rings (SSSR count).